The molecule has 0 rings (SSSR count). The first-order chi connectivity index (χ1) is 7.97. The van der Waals surface area contributed by atoms with Crippen molar-refractivity contribution in [3.63, 3.8) is 0 Å². The third-order valence-electron chi connectivity index (χ3n) is 0.396. The Morgan fingerprint density at radius 3 is 0.947 bits per heavy atom. The summed E-state index contributed by atoms with van der Waals surface area (Å²) in [6.45, 7) is 24.5. The summed E-state index contributed by atoms with van der Waals surface area (Å²) in [7, 11) is 1.14. The van der Waals surface area contributed by atoms with Crippen LogP contribution in [-0.2, 0) is 25.8 Å². The van der Waals surface area contributed by atoms with E-state index in [-0.39, 0.29) is 26.6 Å². The Balaban J connectivity index is -0.0000000459. The molecule has 0 aromatic rings. The van der Waals surface area contributed by atoms with Gasteiger partial charge in [0.2, 0.25) is 0 Å². The van der Waals surface area contributed by atoms with Gasteiger partial charge in [-0.1, -0.05) is 11.6 Å². The smallest absolute Gasteiger partial charge is 0.128 e. The largest absolute Gasteiger partial charge is 0.363 e. The predicted molar refractivity (Wildman–Crippen MR) is 101 cm³/mol. The monoisotopic (exact) mass is 520 g/mol. The Morgan fingerprint density at radius 2 is 0.947 bits per heavy atom. The van der Waals surface area contributed by atoms with Crippen LogP contribution in [-0.4, -0.2) is 72.2 Å². The summed E-state index contributed by atoms with van der Waals surface area (Å²) in [5.41, 5.74) is -0.130. The van der Waals surface area contributed by atoms with Crippen molar-refractivity contribution in [3.8, 4) is 0 Å². The van der Waals surface area contributed by atoms with Crippen molar-refractivity contribution in [2.45, 2.75) is 19.4 Å². The fraction of sp³-hybridized carbons (Fsp3) is 1.00. The van der Waals surface area contributed by atoms with Crippen LogP contribution in [0.25, 0.3) is 0 Å². The Hall–Kier alpha value is 2.23. The van der Waals surface area contributed by atoms with E-state index in [4.69, 9.17) is 16.3 Å². The zero-order valence-corrected chi connectivity index (χ0v) is 21.2. The summed E-state index contributed by atoms with van der Waals surface area (Å²) in [6.07, 6.45) is 0. The first kappa shape index (κ1) is 33.0. The molecule has 19 heavy (non-hydrogen) atoms. The average molecular weight is 521 g/mol. The molecular weight excluding hydrogens is 484 g/mol. The third-order valence-corrected chi connectivity index (χ3v) is 0.522. The maximum atomic E-state index is 5.36. The van der Waals surface area contributed by atoms with Crippen LogP contribution in [0.15, 0.2) is 0 Å². The molecule has 6 heteroatoms. The molecule has 0 aliphatic rings. The van der Waals surface area contributed by atoms with Crippen LogP contribution in [0, 0.1) is 0 Å². The van der Waals surface area contributed by atoms with Gasteiger partial charge >= 0.3 is 0 Å². The van der Waals surface area contributed by atoms with E-state index < -0.39 is 0 Å². The molecule has 0 aromatic carbocycles. The molecule has 0 radical (unpaired) electrons. The SMILES string of the molecule is CCOC(C)Cl.CP(C)C.CP(C)C.CP(C)C.[W]. The van der Waals surface area contributed by atoms with Crippen LogP contribution in [0.4, 0.5) is 0 Å². The summed E-state index contributed by atoms with van der Waals surface area (Å²) >= 11 is 5.36. The second-order valence-corrected chi connectivity index (χ2v) is 13.7. The van der Waals surface area contributed by atoms with Gasteiger partial charge in [-0.05, 0) is 73.8 Å². The normalized spacial score (nSPS) is 10.3. The standard InChI is InChI=1S/C4H9ClO.3C3H9P.W/c1-3-6-4(2)5;3*1-4(2)3;/h4H,3H2,1-2H3;3*1-3H3;. The van der Waals surface area contributed by atoms with Crippen molar-refractivity contribution < 1.29 is 25.8 Å². The molecule has 0 N–H and O–H groups in total. The molecule has 1 atom stereocenters. The van der Waals surface area contributed by atoms with Gasteiger partial charge in [0.1, 0.15) is 5.56 Å². The number of hydrogen-bond donors (Lipinski definition) is 0. The average Bonchev–Trinajstić information content (AvgIpc) is 1.98. The Morgan fingerprint density at radius 1 is 0.789 bits per heavy atom. The Bertz CT molecular complexity index is 104. The predicted octanol–water partition coefficient (Wildman–Crippen LogP) is 5.68. The van der Waals surface area contributed by atoms with E-state index in [0.29, 0.717) is 30.4 Å². The summed E-state index contributed by atoms with van der Waals surface area (Å²) in [6, 6.07) is 0. The van der Waals surface area contributed by atoms with Crippen LogP contribution in [0.5, 0.6) is 0 Å². The van der Waals surface area contributed by atoms with Gasteiger partial charge in [0.05, 0.1) is 0 Å². The van der Waals surface area contributed by atoms with Gasteiger partial charge in [-0.2, -0.15) is 0 Å². The molecule has 122 valence electrons. The number of hydrogen-bond acceptors (Lipinski definition) is 1. The van der Waals surface area contributed by atoms with Crippen molar-refractivity contribution in [2.24, 2.45) is 0 Å². The van der Waals surface area contributed by atoms with Gasteiger partial charge in [-0.15, -0.1) is 23.8 Å². The second-order valence-electron chi connectivity index (χ2n) is 5.02. The first-order valence-electron chi connectivity index (χ1n) is 6.05. The summed E-state index contributed by atoms with van der Waals surface area (Å²) < 4.78 is 4.81. The van der Waals surface area contributed by atoms with E-state index in [9.17, 15) is 0 Å². The number of ether oxygens (including phenoxy) is 1. The van der Waals surface area contributed by atoms with Crippen molar-refractivity contribution in [3.05, 3.63) is 0 Å². The Labute approximate surface area is 146 Å². The minimum atomic E-state index is -0.130. The molecule has 0 amide bonds. The van der Waals surface area contributed by atoms with E-state index in [2.05, 4.69) is 60.0 Å². The van der Waals surface area contributed by atoms with Crippen LogP contribution in [0.1, 0.15) is 13.8 Å². The van der Waals surface area contributed by atoms with Gasteiger partial charge in [-0.25, -0.2) is 0 Å². The fourth-order valence-electron chi connectivity index (χ4n) is 0.230. The molecule has 0 aliphatic carbocycles. The van der Waals surface area contributed by atoms with Crippen molar-refractivity contribution in [2.75, 3.05) is 66.6 Å². The maximum Gasteiger partial charge on any atom is 0.128 e. The summed E-state index contributed by atoms with van der Waals surface area (Å²) in [5.74, 6) is 0. The van der Waals surface area contributed by atoms with Gasteiger partial charge in [0.15, 0.2) is 0 Å². The van der Waals surface area contributed by atoms with E-state index >= 15 is 0 Å². The van der Waals surface area contributed by atoms with E-state index in [1.807, 2.05) is 6.92 Å². The number of alkyl halides is 1. The van der Waals surface area contributed by atoms with E-state index in [0.717, 1.165) is 0 Å². The molecule has 0 saturated carbocycles. The van der Waals surface area contributed by atoms with Crippen molar-refractivity contribution in [1.29, 1.82) is 0 Å². The minimum Gasteiger partial charge on any atom is -0.363 e. The quantitative estimate of drug-likeness (QED) is 0.336. The molecule has 1 nitrogen and oxygen atoms in total. The minimum absolute atomic E-state index is 0. The molecule has 0 bridgehead atoms. The van der Waals surface area contributed by atoms with Crippen molar-refractivity contribution in [1.82, 2.24) is 0 Å². The zero-order valence-electron chi connectivity index (χ0n) is 14.8. The van der Waals surface area contributed by atoms with E-state index in [1.54, 1.807) is 6.92 Å². The van der Waals surface area contributed by atoms with Crippen molar-refractivity contribution >= 4 is 35.4 Å². The zero-order chi connectivity index (χ0) is 15.7. The van der Waals surface area contributed by atoms with Gasteiger partial charge in [0.25, 0.3) is 0 Å². The molecule has 0 saturated heterocycles. The molecule has 0 spiro atoms. The van der Waals surface area contributed by atoms with E-state index in [1.165, 1.54) is 0 Å². The van der Waals surface area contributed by atoms with Crippen LogP contribution < -0.4 is 0 Å². The van der Waals surface area contributed by atoms with Crippen LogP contribution >= 0.6 is 35.4 Å². The van der Waals surface area contributed by atoms with Gasteiger partial charge < -0.3 is 4.74 Å². The third kappa shape index (κ3) is 246. The fourth-order valence-corrected chi connectivity index (χ4v) is 0.356. The van der Waals surface area contributed by atoms with Crippen LogP contribution in [0.2, 0.25) is 0 Å². The number of rotatable bonds is 2. The molecule has 0 aromatic heterocycles. The van der Waals surface area contributed by atoms with Crippen LogP contribution in [0.3, 0.4) is 0 Å². The topological polar surface area (TPSA) is 9.23 Å². The van der Waals surface area contributed by atoms with Gasteiger partial charge in [-0.3, -0.25) is 0 Å². The number of halogens is 1. The first-order valence-corrected chi connectivity index (χ1v) is 14.5. The summed E-state index contributed by atoms with van der Waals surface area (Å²) in [4.78, 5) is 0. The summed E-state index contributed by atoms with van der Waals surface area (Å²) in [5, 5.41) is 0. The molecular formula is C13H36ClOP3W. The molecule has 0 aliphatic heterocycles. The maximum absolute atomic E-state index is 5.36. The molecule has 1 unspecified atom stereocenters. The second kappa shape index (κ2) is 28.4. The van der Waals surface area contributed by atoms with Gasteiger partial charge in [0, 0.05) is 27.7 Å². The molecule has 0 fully saturated rings. The Kier molecular flexibility index (Phi) is 49.3. The molecule has 0 heterocycles.